The van der Waals surface area contributed by atoms with Gasteiger partial charge in [0.2, 0.25) is 0 Å². The third kappa shape index (κ3) is 1.95. The van der Waals surface area contributed by atoms with Crippen LogP contribution in [0.25, 0.3) is 11.1 Å². The number of pyridine rings is 1. The molecule has 0 saturated heterocycles. The summed E-state index contributed by atoms with van der Waals surface area (Å²) in [5.74, 6) is 0.714. The fraction of sp³-hybridized carbons (Fsp3) is 0.421. The zero-order chi connectivity index (χ0) is 17.0. The van der Waals surface area contributed by atoms with Gasteiger partial charge in [-0.25, -0.2) is 9.98 Å². The van der Waals surface area contributed by atoms with E-state index in [9.17, 15) is 10.1 Å². The van der Waals surface area contributed by atoms with E-state index in [0.29, 0.717) is 23.9 Å². The van der Waals surface area contributed by atoms with Gasteiger partial charge in [0.25, 0.3) is 0 Å². The van der Waals surface area contributed by atoms with Gasteiger partial charge >= 0.3 is 0 Å². The van der Waals surface area contributed by atoms with Crippen LogP contribution in [-0.4, -0.2) is 26.8 Å². The molecule has 0 N–H and O–H groups in total. The number of ketones is 1. The summed E-state index contributed by atoms with van der Waals surface area (Å²) in [5, 5.41) is 13.9. The maximum atomic E-state index is 13.2. The average Bonchev–Trinajstić information content (AvgIpc) is 3.37. The van der Waals surface area contributed by atoms with E-state index in [0.717, 1.165) is 29.5 Å². The predicted octanol–water partition coefficient (Wildman–Crippen LogP) is 3.59. The molecule has 3 aliphatic rings. The van der Waals surface area contributed by atoms with Gasteiger partial charge in [-0.2, -0.15) is 10.4 Å². The summed E-state index contributed by atoms with van der Waals surface area (Å²) in [6.45, 7) is 0. The van der Waals surface area contributed by atoms with Crippen molar-refractivity contribution in [2.24, 2.45) is 10.9 Å². The molecule has 2 aromatic heterocycles. The van der Waals surface area contributed by atoms with Gasteiger partial charge in [-0.3, -0.25) is 9.48 Å². The van der Waals surface area contributed by atoms with Crippen molar-refractivity contribution < 1.29 is 4.79 Å². The maximum absolute atomic E-state index is 13.2. The van der Waals surface area contributed by atoms with Crippen molar-refractivity contribution >= 4 is 17.8 Å². The summed E-state index contributed by atoms with van der Waals surface area (Å²) in [6.07, 6.45) is 10.2. The van der Waals surface area contributed by atoms with Crippen LogP contribution in [0.15, 0.2) is 23.5 Å². The molecule has 5 rings (SSSR count). The largest absolute Gasteiger partial charge is 0.291 e. The van der Waals surface area contributed by atoms with Crippen molar-refractivity contribution in [3.05, 3.63) is 29.7 Å². The molecule has 3 heterocycles. The van der Waals surface area contributed by atoms with Gasteiger partial charge < -0.3 is 0 Å². The van der Waals surface area contributed by atoms with Gasteiger partial charge in [0.15, 0.2) is 11.6 Å². The summed E-state index contributed by atoms with van der Waals surface area (Å²) in [4.78, 5) is 21.8. The molecule has 1 aliphatic heterocycles. The standard InChI is InChI=1S/C19H17N5O/c20-7-5-15(11-3-1-2-4-11)24-17-13(10-23-24)12-6-8-21-19-16(12)14(9-22-19)18(17)25/h6,8-11,14-15H,1-5H2/t14?,15-/m1/s1. The number of nitriles is 1. The molecule has 0 spiro atoms. The van der Waals surface area contributed by atoms with Crippen molar-refractivity contribution in [3.63, 3.8) is 0 Å². The molecule has 124 valence electrons. The van der Waals surface area contributed by atoms with Gasteiger partial charge in [-0.1, -0.05) is 12.8 Å². The molecule has 0 bridgehead atoms. The molecule has 1 unspecified atom stereocenters. The molecule has 1 saturated carbocycles. The number of hydrogen-bond donors (Lipinski definition) is 0. The first-order valence-electron chi connectivity index (χ1n) is 8.81. The lowest BCUT2D eigenvalue weighted by Gasteiger charge is -2.26. The summed E-state index contributed by atoms with van der Waals surface area (Å²) in [5.41, 5.74) is 3.38. The Kier molecular flexibility index (Phi) is 3.11. The summed E-state index contributed by atoms with van der Waals surface area (Å²) in [6, 6.07) is 4.21. The quantitative estimate of drug-likeness (QED) is 0.860. The SMILES string of the molecule is N#CC[C@H](C1CCCC1)n1ncc2c1C(=O)C1C=Nc3nccc-2c31. The van der Waals surface area contributed by atoms with E-state index in [2.05, 4.69) is 21.1 Å². The van der Waals surface area contributed by atoms with E-state index in [1.165, 1.54) is 12.8 Å². The maximum Gasteiger partial charge on any atom is 0.194 e. The van der Waals surface area contributed by atoms with Crippen LogP contribution in [0.5, 0.6) is 0 Å². The zero-order valence-corrected chi connectivity index (χ0v) is 13.7. The number of Topliss-reactive ketones (excluding diaryl/α,β-unsaturated/α-hetero) is 1. The second-order valence-corrected chi connectivity index (χ2v) is 7.04. The van der Waals surface area contributed by atoms with Crippen LogP contribution in [0.4, 0.5) is 5.82 Å². The second kappa shape index (κ2) is 5.35. The Morgan fingerprint density at radius 3 is 2.96 bits per heavy atom. The van der Waals surface area contributed by atoms with E-state index < -0.39 is 0 Å². The molecule has 2 aromatic rings. The first kappa shape index (κ1) is 14.5. The molecule has 1 fully saturated rings. The fourth-order valence-corrected chi connectivity index (χ4v) is 4.62. The highest BCUT2D eigenvalue weighted by atomic mass is 16.1. The molecule has 25 heavy (non-hydrogen) atoms. The molecule has 0 radical (unpaired) electrons. The molecular formula is C19H17N5O. The molecule has 2 atom stereocenters. The third-order valence-corrected chi connectivity index (χ3v) is 5.79. The van der Waals surface area contributed by atoms with E-state index in [4.69, 9.17) is 0 Å². The minimum Gasteiger partial charge on any atom is -0.291 e. The monoisotopic (exact) mass is 331 g/mol. The molecule has 2 aliphatic carbocycles. The molecule has 6 nitrogen and oxygen atoms in total. The Bertz CT molecular complexity index is 945. The second-order valence-electron chi connectivity index (χ2n) is 7.04. The Labute approximate surface area is 145 Å². The van der Waals surface area contributed by atoms with Gasteiger partial charge in [0.05, 0.1) is 30.6 Å². The Balaban J connectivity index is 1.68. The van der Waals surface area contributed by atoms with E-state index >= 15 is 0 Å². The van der Waals surface area contributed by atoms with Crippen LogP contribution < -0.4 is 0 Å². The number of fused-ring (bicyclic) bond motifs is 2. The van der Waals surface area contributed by atoms with Crippen LogP contribution in [0.3, 0.4) is 0 Å². The highest BCUT2D eigenvalue weighted by molar-refractivity contribution is 6.18. The lowest BCUT2D eigenvalue weighted by molar-refractivity contribution is 0.0967. The zero-order valence-electron chi connectivity index (χ0n) is 13.7. The highest BCUT2D eigenvalue weighted by Gasteiger charge is 2.41. The summed E-state index contributed by atoms with van der Waals surface area (Å²) in [7, 11) is 0. The normalized spacial score (nSPS) is 21.9. The van der Waals surface area contributed by atoms with Gasteiger partial charge in [0.1, 0.15) is 5.69 Å². The number of aliphatic imine (C=N–C) groups is 1. The van der Waals surface area contributed by atoms with Gasteiger partial charge in [-0.15, -0.1) is 0 Å². The summed E-state index contributed by atoms with van der Waals surface area (Å²) >= 11 is 0. The van der Waals surface area contributed by atoms with Crippen LogP contribution in [-0.2, 0) is 0 Å². The van der Waals surface area contributed by atoms with E-state index in [1.54, 1.807) is 18.6 Å². The minimum atomic E-state index is -0.368. The van der Waals surface area contributed by atoms with Crippen molar-refractivity contribution in [3.8, 4) is 17.2 Å². The van der Waals surface area contributed by atoms with Crippen LogP contribution in [0.1, 0.15) is 60.1 Å². The van der Waals surface area contributed by atoms with E-state index in [1.807, 2.05) is 10.7 Å². The molecule has 0 aromatic carbocycles. The van der Waals surface area contributed by atoms with Crippen LogP contribution in [0.2, 0.25) is 0 Å². The van der Waals surface area contributed by atoms with Crippen molar-refractivity contribution in [2.75, 3.05) is 0 Å². The Morgan fingerprint density at radius 2 is 2.16 bits per heavy atom. The summed E-state index contributed by atoms with van der Waals surface area (Å²) < 4.78 is 1.84. The predicted molar refractivity (Wildman–Crippen MR) is 91.9 cm³/mol. The smallest absolute Gasteiger partial charge is 0.194 e. The molecule has 0 amide bonds. The number of aromatic nitrogens is 3. The minimum absolute atomic E-state index is 0.0245. The Morgan fingerprint density at radius 1 is 1.32 bits per heavy atom. The molecule has 6 heteroatoms. The van der Waals surface area contributed by atoms with Crippen LogP contribution >= 0.6 is 0 Å². The first-order valence-corrected chi connectivity index (χ1v) is 8.81. The fourth-order valence-electron chi connectivity index (χ4n) is 4.62. The number of nitrogens with zero attached hydrogens (tertiary/aromatic N) is 5. The molecular weight excluding hydrogens is 314 g/mol. The third-order valence-electron chi connectivity index (χ3n) is 5.79. The van der Waals surface area contributed by atoms with Crippen LogP contribution in [0, 0.1) is 17.2 Å². The van der Waals surface area contributed by atoms with Crippen molar-refractivity contribution in [2.45, 2.75) is 44.1 Å². The average molecular weight is 331 g/mol. The first-order chi connectivity index (χ1) is 12.3. The topological polar surface area (TPSA) is 83.9 Å². The lowest BCUT2D eigenvalue weighted by atomic mass is 9.82. The van der Waals surface area contributed by atoms with Gasteiger partial charge in [0, 0.05) is 23.5 Å². The van der Waals surface area contributed by atoms with Gasteiger partial charge in [-0.05, 0) is 30.4 Å². The number of carbonyl (C=O) groups excluding carboxylic acids is 1. The van der Waals surface area contributed by atoms with Crippen molar-refractivity contribution in [1.29, 1.82) is 5.26 Å². The van der Waals surface area contributed by atoms with Crippen molar-refractivity contribution in [1.82, 2.24) is 14.8 Å². The number of hydrogen-bond acceptors (Lipinski definition) is 5. The van der Waals surface area contributed by atoms with E-state index in [-0.39, 0.29) is 17.7 Å². The lowest BCUT2D eigenvalue weighted by Crippen LogP contribution is -2.27. The number of carbonyl (C=O) groups is 1. The number of rotatable bonds is 3. The Hall–Kier alpha value is -2.81. The highest BCUT2D eigenvalue weighted by Crippen LogP contribution is 2.47.